The first-order valence-electron chi connectivity index (χ1n) is 11.8. The van der Waals surface area contributed by atoms with Crippen molar-refractivity contribution >= 4 is 70.3 Å². The lowest BCUT2D eigenvalue weighted by atomic mass is 9.68. The third-order valence-electron chi connectivity index (χ3n) is 6.68. The molecule has 0 heterocycles. The number of ether oxygens (including phenoxy) is 2. The van der Waals surface area contributed by atoms with Crippen molar-refractivity contribution in [1.82, 2.24) is 0 Å². The van der Waals surface area contributed by atoms with E-state index in [1.54, 1.807) is 15.7 Å². The predicted molar refractivity (Wildman–Crippen MR) is 138 cm³/mol. The summed E-state index contributed by atoms with van der Waals surface area (Å²) in [6.45, 7) is 0. The molecule has 0 radical (unpaired) electrons. The van der Waals surface area contributed by atoms with Gasteiger partial charge in [0, 0.05) is 0 Å². The molecular weight excluding hydrogens is 517 g/mol. The molecule has 37 heavy (non-hydrogen) atoms. The number of esters is 2. The number of benzene rings is 1. The van der Waals surface area contributed by atoms with Gasteiger partial charge in [-0.1, -0.05) is 29.1 Å². The van der Waals surface area contributed by atoms with Crippen LogP contribution in [-0.2, 0) is 37.0 Å². The van der Waals surface area contributed by atoms with Crippen LogP contribution in [-0.4, -0.2) is 91.5 Å². The lowest BCUT2D eigenvalue weighted by Crippen LogP contribution is -2.41. The minimum Gasteiger partial charge on any atom is -0.478 e. The molecule has 2 N–H and O–H groups in total. The predicted octanol–water partition coefficient (Wildman–Crippen LogP) is -2.75. The molecule has 1 fully saturated rings. The molecule has 1 atom stereocenters. The first-order chi connectivity index (χ1) is 17.0. The van der Waals surface area contributed by atoms with Crippen LogP contribution in [0, 0.1) is 5.92 Å². The average Bonchev–Trinajstić information content (AvgIpc) is 2.77. The van der Waals surface area contributed by atoms with Crippen molar-refractivity contribution in [3.8, 4) is 0 Å². The van der Waals surface area contributed by atoms with Crippen molar-refractivity contribution in [2.75, 3.05) is 5.75 Å². The van der Waals surface area contributed by atoms with Gasteiger partial charge in [0.15, 0.2) is 0 Å². The summed E-state index contributed by atoms with van der Waals surface area (Å²) in [6, 6.07) is 0. The topological polar surface area (TPSA) is 144 Å². The Morgan fingerprint density at radius 2 is 1.51 bits per heavy atom. The smallest absolute Gasteiger partial charge is 0.426 e. The van der Waals surface area contributed by atoms with Gasteiger partial charge in [0.1, 0.15) is 43.2 Å². The van der Waals surface area contributed by atoms with Crippen LogP contribution >= 0.6 is 0 Å². The Labute approximate surface area is 216 Å². The number of halogens is 3. The Bertz CT molecular complexity index is 1170. The Balaban J connectivity index is 2.15. The highest BCUT2D eigenvalue weighted by Crippen LogP contribution is 2.31. The molecule has 17 heteroatoms. The van der Waals surface area contributed by atoms with Crippen molar-refractivity contribution in [2.24, 2.45) is 5.92 Å². The zero-order chi connectivity index (χ0) is 28.3. The first kappa shape index (κ1) is 30.8. The van der Waals surface area contributed by atoms with Crippen molar-refractivity contribution in [1.29, 1.82) is 0 Å². The third-order valence-corrected chi connectivity index (χ3v) is 7.40. The molecule has 0 bridgehead atoms. The molecule has 200 valence electrons. The van der Waals surface area contributed by atoms with E-state index in [1.807, 2.05) is 15.7 Å². The summed E-state index contributed by atoms with van der Waals surface area (Å²) in [5.74, 6) is -6.14. The number of carboxylic acids is 1. The Morgan fingerprint density at radius 3 is 1.95 bits per heavy atom. The summed E-state index contributed by atoms with van der Waals surface area (Å²) < 4.78 is 79.6. The van der Waals surface area contributed by atoms with Crippen molar-refractivity contribution < 1.29 is 55.1 Å². The molecule has 1 aromatic carbocycles. The Kier molecular flexibility index (Phi) is 9.97. The van der Waals surface area contributed by atoms with E-state index in [-0.39, 0.29) is 36.8 Å². The second kappa shape index (κ2) is 12.0. The van der Waals surface area contributed by atoms with E-state index < -0.39 is 58.1 Å². The summed E-state index contributed by atoms with van der Waals surface area (Å²) in [4.78, 5) is 37.5. The molecule has 0 amide bonds. The molecule has 1 aliphatic carbocycles. The molecule has 0 aliphatic heterocycles. The molecule has 1 aromatic rings. The zero-order valence-corrected chi connectivity index (χ0v) is 21.8. The summed E-state index contributed by atoms with van der Waals surface area (Å²) in [5, 5.41) is 9.84. The zero-order valence-electron chi connectivity index (χ0n) is 21.0. The monoisotopic (exact) mass is 544 g/mol. The largest absolute Gasteiger partial charge is 0.478 e. The van der Waals surface area contributed by atoms with Gasteiger partial charge in [-0.15, -0.1) is 0 Å². The Morgan fingerprint density at radius 1 is 0.973 bits per heavy atom. The van der Waals surface area contributed by atoms with Gasteiger partial charge in [-0.05, 0) is 31.2 Å². The van der Waals surface area contributed by atoms with E-state index >= 15 is 0 Å². The van der Waals surface area contributed by atoms with Crippen molar-refractivity contribution in [3.63, 3.8) is 0 Å². The maximum absolute atomic E-state index is 13.1. The van der Waals surface area contributed by atoms with E-state index in [9.17, 15) is 41.1 Å². The van der Waals surface area contributed by atoms with Gasteiger partial charge in [0.25, 0.3) is 10.1 Å². The highest BCUT2D eigenvalue weighted by Gasteiger charge is 2.46. The van der Waals surface area contributed by atoms with E-state index in [4.69, 9.17) is 9.29 Å². The standard InChI is InChI=1S/C20H27B4F3O9S/c21-5-10-13(14(17(28)29)16(24)11(6-22)15(10)23)19(31)35-9-3-1-8(2-4-9)18(30)36-12(20(25,26)27)7-37(32,33)34/h8-9,12H,1-7,21-24H2,(H,28,29)(H,32,33,34). The molecule has 1 aliphatic rings. The highest BCUT2D eigenvalue weighted by atomic mass is 32.2. The van der Waals surface area contributed by atoms with Crippen LogP contribution < -0.4 is 10.9 Å². The summed E-state index contributed by atoms with van der Waals surface area (Å²) in [5.41, 5.74) is 2.55. The molecule has 0 spiro atoms. The van der Waals surface area contributed by atoms with Crippen LogP contribution in [0.25, 0.3) is 0 Å². The van der Waals surface area contributed by atoms with E-state index in [2.05, 4.69) is 4.74 Å². The fourth-order valence-electron chi connectivity index (χ4n) is 4.85. The van der Waals surface area contributed by atoms with Crippen LogP contribution in [0.2, 0.25) is 0 Å². The lowest BCUT2D eigenvalue weighted by molar-refractivity contribution is -0.218. The SMILES string of the molecule is BCc1c(B)c(CB)c(C(=O)OC2CCC(C(=O)OC(CS(=O)(=O)O)C(F)(F)F)CC2)c(C(=O)O)c1B. The normalized spacial score (nSPS) is 19.1. The second-order valence-corrected chi connectivity index (χ2v) is 10.6. The van der Waals surface area contributed by atoms with E-state index in [1.165, 1.54) is 0 Å². The lowest BCUT2D eigenvalue weighted by Gasteiger charge is -2.29. The van der Waals surface area contributed by atoms with Gasteiger partial charge < -0.3 is 14.6 Å². The van der Waals surface area contributed by atoms with Gasteiger partial charge in [-0.25, -0.2) is 9.59 Å². The van der Waals surface area contributed by atoms with Gasteiger partial charge in [-0.2, -0.15) is 21.6 Å². The van der Waals surface area contributed by atoms with Crippen LogP contribution in [0.1, 0.15) is 57.5 Å². The van der Waals surface area contributed by atoms with Gasteiger partial charge in [0.05, 0.1) is 17.0 Å². The molecule has 0 aromatic heterocycles. The fraction of sp³-hybridized carbons (Fsp3) is 0.550. The quantitative estimate of drug-likeness (QED) is 0.192. The molecule has 1 saturated carbocycles. The summed E-state index contributed by atoms with van der Waals surface area (Å²) in [6.07, 6.45) is -7.70. The second-order valence-electron chi connectivity index (χ2n) is 9.06. The fourth-order valence-corrected chi connectivity index (χ4v) is 5.49. The van der Waals surface area contributed by atoms with Crippen LogP contribution in [0.3, 0.4) is 0 Å². The van der Waals surface area contributed by atoms with Crippen molar-refractivity contribution in [3.05, 3.63) is 22.3 Å². The van der Waals surface area contributed by atoms with Gasteiger partial charge >= 0.3 is 24.1 Å². The summed E-state index contributed by atoms with van der Waals surface area (Å²) in [7, 11) is 2.09. The number of rotatable bonds is 9. The molecular formula is C20H27B4F3O9S. The molecule has 9 nitrogen and oxygen atoms in total. The maximum atomic E-state index is 13.1. The van der Waals surface area contributed by atoms with Crippen molar-refractivity contribution in [2.45, 2.75) is 56.7 Å². The number of hydrogen-bond acceptors (Lipinski definition) is 7. The van der Waals surface area contributed by atoms with Crippen LogP contribution in [0.4, 0.5) is 13.2 Å². The molecule has 0 saturated heterocycles. The number of carbonyl (C=O) groups excluding carboxylic acids is 2. The molecule has 1 unspecified atom stereocenters. The van der Waals surface area contributed by atoms with Gasteiger partial charge in [0.2, 0.25) is 6.10 Å². The summed E-state index contributed by atoms with van der Waals surface area (Å²) >= 11 is 0. The third kappa shape index (κ3) is 7.56. The highest BCUT2D eigenvalue weighted by molar-refractivity contribution is 7.85. The van der Waals surface area contributed by atoms with Crippen LogP contribution in [0.15, 0.2) is 0 Å². The minimum absolute atomic E-state index is 0.00643. The molecule has 2 rings (SSSR count). The first-order valence-corrected chi connectivity index (χ1v) is 13.4. The number of aromatic carboxylic acids is 1. The Hall–Kier alpha value is -2.41. The average molecular weight is 544 g/mol. The maximum Gasteiger partial charge on any atom is 0.426 e. The van der Waals surface area contributed by atoms with Gasteiger partial charge in [-0.3, -0.25) is 9.35 Å². The van der Waals surface area contributed by atoms with E-state index in [0.29, 0.717) is 23.7 Å². The number of alkyl halides is 3. The number of hydrogen-bond donors (Lipinski definition) is 2. The number of carbonyl (C=O) groups is 3. The minimum atomic E-state index is -5.19. The number of carboxylic acid groups (broad SMARTS) is 1. The van der Waals surface area contributed by atoms with Crippen LogP contribution in [0.5, 0.6) is 0 Å². The van der Waals surface area contributed by atoms with E-state index in [0.717, 1.165) is 11.0 Å².